The third-order valence-electron chi connectivity index (χ3n) is 7.68. The molecule has 3 atom stereocenters. The fourth-order valence-corrected chi connectivity index (χ4v) is 6.59. The summed E-state index contributed by atoms with van der Waals surface area (Å²) in [5, 5.41) is 6.53. The molecule has 42 heavy (non-hydrogen) atoms. The highest BCUT2D eigenvalue weighted by molar-refractivity contribution is 7.19. The number of ether oxygens (including phenoxy) is 1. The van der Waals surface area contributed by atoms with E-state index in [0.717, 1.165) is 34.5 Å². The molecular formula is C28H31N9O4S. The van der Waals surface area contributed by atoms with Crippen LogP contribution in [0.5, 0.6) is 0 Å². The second kappa shape index (κ2) is 11.4. The van der Waals surface area contributed by atoms with E-state index in [1.54, 1.807) is 19.4 Å². The van der Waals surface area contributed by atoms with Gasteiger partial charge in [-0.15, -0.1) is 11.3 Å². The molecule has 218 valence electrons. The lowest BCUT2D eigenvalue weighted by atomic mass is 10.1. The summed E-state index contributed by atoms with van der Waals surface area (Å²) in [6.45, 7) is 4.52. The van der Waals surface area contributed by atoms with Crippen LogP contribution in [0, 0.1) is 5.92 Å². The summed E-state index contributed by atoms with van der Waals surface area (Å²) < 4.78 is 7.61. The Labute approximate surface area is 245 Å². The Morgan fingerprint density at radius 3 is 2.74 bits per heavy atom. The number of hydrogen-bond acceptors (Lipinski definition) is 11. The third kappa shape index (κ3) is 5.42. The molecule has 14 heteroatoms. The summed E-state index contributed by atoms with van der Waals surface area (Å²) in [4.78, 5) is 60.0. The van der Waals surface area contributed by atoms with Gasteiger partial charge in [0.25, 0.3) is 11.5 Å². The summed E-state index contributed by atoms with van der Waals surface area (Å²) in [5.41, 5.74) is 5.48. The highest BCUT2D eigenvalue weighted by Crippen LogP contribution is 2.34. The largest absolute Gasteiger partial charge is 0.384 e. The molecule has 1 saturated heterocycles. The second-order valence-electron chi connectivity index (χ2n) is 10.7. The number of fused-ring (bicyclic) bond motifs is 2. The Hall–Kier alpha value is -4.43. The van der Waals surface area contributed by atoms with Gasteiger partial charge in [-0.3, -0.25) is 19.0 Å². The molecule has 0 saturated carbocycles. The van der Waals surface area contributed by atoms with E-state index in [9.17, 15) is 14.4 Å². The van der Waals surface area contributed by atoms with Gasteiger partial charge in [0.15, 0.2) is 0 Å². The van der Waals surface area contributed by atoms with Crippen LogP contribution in [-0.2, 0) is 16.1 Å². The van der Waals surface area contributed by atoms with Crippen LogP contribution >= 0.6 is 11.3 Å². The Morgan fingerprint density at radius 1 is 1.14 bits per heavy atom. The average molecular weight is 590 g/mol. The van der Waals surface area contributed by atoms with Gasteiger partial charge in [0.1, 0.15) is 23.4 Å². The lowest BCUT2D eigenvalue weighted by Crippen LogP contribution is -2.36. The van der Waals surface area contributed by atoms with Crippen molar-refractivity contribution in [1.82, 2.24) is 29.8 Å². The van der Waals surface area contributed by atoms with Crippen molar-refractivity contribution in [3.63, 3.8) is 0 Å². The van der Waals surface area contributed by atoms with E-state index >= 15 is 0 Å². The number of anilines is 3. The van der Waals surface area contributed by atoms with Crippen molar-refractivity contribution in [3.05, 3.63) is 63.5 Å². The molecule has 4 aromatic rings. The van der Waals surface area contributed by atoms with Crippen molar-refractivity contribution >= 4 is 50.7 Å². The van der Waals surface area contributed by atoms with E-state index in [4.69, 9.17) is 10.5 Å². The number of rotatable bonds is 8. The van der Waals surface area contributed by atoms with E-state index in [0.29, 0.717) is 43.1 Å². The molecule has 0 unspecified atom stereocenters. The fraction of sp³-hybridized carbons (Fsp3) is 0.393. The summed E-state index contributed by atoms with van der Waals surface area (Å²) in [6, 6.07) is 3.01. The monoisotopic (exact) mass is 589 g/mol. The average Bonchev–Trinajstić information content (AvgIpc) is 3.70. The summed E-state index contributed by atoms with van der Waals surface area (Å²) in [5.74, 6) is 0.980. The first kappa shape index (κ1) is 27.7. The third-order valence-corrected chi connectivity index (χ3v) is 8.78. The maximum Gasteiger partial charge on any atom is 0.278 e. The highest BCUT2D eigenvalue weighted by Gasteiger charge is 2.36. The molecule has 1 fully saturated rings. The number of hydrogen-bond donors (Lipinski definition) is 3. The zero-order valence-corrected chi connectivity index (χ0v) is 24.1. The summed E-state index contributed by atoms with van der Waals surface area (Å²) >= 11 is 1.52. The van der Waals surface area contributed by atoms with E-state index in [1.165, 1.54) is 34.5 Å². The smallest absolute Gasteiger partial charge is 0.278 e. The number of carbonyl (C=O) groups excluding carboxylic acids is 2. The molecule has 6 rings (SSSR count). The maximum atomic E-state index is 13.5. The van der Waals surface area contributed by atoms with Crippen LogP contribution in [0.1, 0.15) is 52.8 Å². The van der Waals surface area contributed by atoms with Gasteiger partial charge in [0.05, 0.1) is 24.9 Å². The number of nitrogen functional groups attached to an aromatic ring is 1. The van der Waals surface area contributed by atoms with E-state index in [-0.39, 0.29) is 23.1 Å². The quantitative estimate of drug-likeness (QED) is 0.277. The number of aromatic nitrogens is 5. The molecule has 6 heterocycles. The predicted octanol–water partition coefficient (Wildman–Crippen LogP) is 2.31. The minimum absolute atomic E-state index is 0.0173. The lowest BCUT2D eigenvalue weighted by molar-refractivity contribution is -0.124. The van der Waals surface area contributed by atoms with Gasteiger partial charge in [0, 0.05) is 65.6 Å². The number of carbonyl (C=O) groups is 2. The number of nitrogens with one attached hydrogen (secondary N) is 2. The van der Waals surface area contributed by atoms with Gasteiger partial charge in [-0.25, -0.2) is 19.9 Å². The normalized spacial score (nSPS) is 19.7. The van der Waals surface area contributed by atoms with Gasteiger partial charge in [-0.2, -0.15) is 0 Å². The van der Waals surface area contributed by atoms with Gasteiger partial charge in [0.2, 0.25) is 11.9 Å². The fourth-order valence-electron chi connectivity index (χ4n) is 5.57. The number of methoxy groups -OCH3 is 1. The van der Waals surface area contributed by atoms with E-state index < -0.39 is 17.5 Å². The molecule has 0 aromatic carbocycles. The van der Waals surface area contributed by atoms with Gasteiger partial charge < -0.3 is 26.0 Å². The van der Waals surface area contributed by atoms with Crippen LogP contribution in [-0.4, -0.2) is 63.1 Å². The summed E-state index contributed by atoms with van der Waals surface area (Å²) in [7, 11) is 1.69. The van der Waals surface area contributed by atoms with Gasteiger partial charge in [-0.1, -0.05) is 6.92 Å². The van der Waals surface area contributed by atoms with Crippen molar-refractivity contribution in [3.8, 4) is 0 Å². The lowest BCUT2D eigenvalue weighted by Gasteiger charge is -2.16. The first-order chi connectivity index (χ1) is 20.3. The molecule has 4 N–H and O–H groups in total. The van der Waals surface area contributed by atoms with E-state index in [2.05, 4.69) is 35.5 Å². The van der Waals surface area contributed by atoms with E-state index in [1.807, 2.05) is 13.0 Å². The Balaban J connectivity index is 1.14. The van der Waals surface area contributed by atoms with Gasteiger partial charge >= 0.3 is 0 Å². The zero-order chi connectivity index (χ0) is 29.4. The van der Waals surface area contributed by atoms with Crippen molar-refractivity contribution in [2.24, 2.45) is 5.92 Å². The van der Waals surface area contributed by atoms with Crippen molar-refractivity contribution in [1.29, 1.82) is 0 Å². The molecule has 0 bridgehead atoms. The van der Waals surface area contributed by atoms with Crippen molar-refractivity contribution in [2.45, 2.75) is 38.3 Å². The molecule has 2 aliphatic rings. The predicted molar refractivity (Wildman–Crippen MR) is 159 cm³/mol. The van der Waals surface area contributed by atoms with Crippen LogP contribution in [0.3, 0.4) is 0 Å². The van der Waals surface area contributed by atoms with Crippen LogP contribution in [0.15, 0.2) is 41.7 Å². The second-order valence-corrected chi connectivity index (χ2v) is 11.9. The van der Waals surface area contributed by atoms with Crippen LogP contribution < -0.4 is 26.8 Å². The van der Waals surface area contributed by atoms with Crippen LogP contribution in [0.2, 0.25) is 0 Å². The zero-order valence-electron chi connectivity index (χ0n) is 23.2. The Morgan fingerprint density at radius 2 is 1.95 bits per heavy atom. The number of thiophene rings is 1. The van der Waals surface area contributed by atoms with Gasteiger partial charge in [-0.05, 0) is 25.0 Å². The molecule has 0 radical (unpaired) electrons. The number of pyridine rings is 1. The van der Waals surface area contributed by atoms with Crippen molar-refractivity contribution < 1.29 is 14.3 Å². The molecule has 4 aromatic heterocycles. The Kier molecular flexibility index (Phi) is 7.56. The minimum atomic E-state index is -0.747. The topological polar surface area (TPSA) is 170 Å². The highest BCUT2D eigenvalue weighted by atomic mass is 32.1. The molecule has 2 amide bonds. The first-order valence-corrected chi connectivity index (χ1v) is 14.5. The van der Waals surface area contributed by atoms with Crippen LogP contribution in [0.25, 0.3) is 10.1 Å². The standard InChI is InChI=1S/C28H31N9O4S/c1-15-5-21(26(39)32-11-19-6-17-8-30-23(29)7-22(17)42-19)37-24(15)31-12-20(27(37)40)35-25(38)18-9-33-28(34-10-18)36-4-3-16(13-36)14-41-2/h6-10,12,15-16,21H,3-5,11,13-14H2,1-2H3,(H2,29,30)(H,32,39)(H,35,38)/t15-,16-,21+/m1/s1. The number of nitrogens with two attached hydrogens (primary N) is 1. The molecule has 2 aliphatic heterocycles. The summed E-state index contributed by atoms with van der Waals surface area (Å²) in [6.07, 6.45) is 7.34. The molecular weight excluding hydrogens is 558 g/mol. The first-order valence-electron chi connectivity index (χ1n) is 13.7. The molecule has 13 nitrogen and oxygen atoms in total. The SMILES string of the molecule is COC[C@@H]1CCN(c2ncc(C(=O)Nc3cnc4n(c3=O)[C@H](C(=O)NCc3cc5cnc(N)cc5s3)C[C@H]4C)cn2)C1. The van der Waals surface area contributed by atoms with Crippen molar-refractivity contribution in [2.75, 3.05) is 42.8 Å². The number of nitrogens with zero attached hydrogens (tertiary/aromatic N) is 6. The minimum Gasteiger partial charge on any atom is -0.384 e. The molecule has 0 aliphatic carbocycles. The maximum absolute atomic E-state index is 13.5. The Bertz CT molecular complexity index is 1700. The number of amides is 2. The molecule has 0 spiro atoms. The van der Waals surface area contributed by atoms with Crippen LogP contribution in [0.4, 0.5) is 17.5 Å².